The van der Waals surface area contributed by atoms with Gasteiger partial charge in [0.25, 0.3) is 0 Å². The highest BCUT2D eigenvalue weighted by molar-refractivity contribution is 5.91. The van der Waals surface area contributed by atoms with Crippen molar-refractivity contribution in [3.8, 4) is 5.75 Å². The molecule has 2 rings (SSSR count). The molecule has 122 valence electrons. The van der Waals surface area contributed by atoms with Crippen molar-refractivity contribution in [2.24, 2.45) is 7.05 Å². The highest BCUT2D eigenvalue weighted by atomic mass is 19.3. The standard InChI is InChI=1S/C16H17F2N3O2/c1-11-13(10-20-21(11)2)9-19-15(22)8-5-12-3-6-14(7-4-12)23-16(17)18/h3-8,10,16H,9H2,1-2H3,(H,19,22)/b8-5-. The van der Waals surface area contributed by atoms with Crippen molar-refractivity contribution < 1.29 is 18.3 Å². The maximum absolute atomic E-state index is 12.0. The van der Waals surface area contributed by atoms with E-state index in [2.05, 4.69) is 15.2 Å². The number of carbonyl (C=O) groups excluding carboxylic acids is 1. The molecule has 5 nitrogen and oxygen atoms in total. The summed E-state index contributed by atoms with van der Waals surface area (Å²) in [5.41, 5.74) is 2.64. The van der Waals surface area contributed by atoms with E-state index in [0.29, 0.717) is 12.1 Å². The minimum Gasteiger partial charge on any atom is -0.435 e. The Bertz CT molecular complexity index is 694. The lowest BCUT2D eigenvalue weighted by atomic mass is 10.2. The van der Waals surface area contributed by atoms with Gasteiger partial charge in [-0.05, 0) is 30.7 Å². The number of nitrogens with one attached hydrogen (secondary N) is 1. The van der Waals surface area contributed by atoms with E-state index in [-0.39, 0.29) is 11.7 Å². The number of alkyl halides is 2. The van der Waals surface area contributed by atoms with Crippen LogP contribution in [0.25, 0.3) is 6.08 Å². The summed E-state index contributed by atoms with van der Waals surface area (Å²) in [5.74, 6) is -0.171. The van der Waals surface area contributed by atoms with Crippen LogP contribution in [0, 0.1) is 6.92 Å². The predicted molar refractivity (Wildman–Crippen MR) is 81.9 cm³/mol. The van der Waals surface area contributed by atoms with Crippen LogP contribution in [0.5, 0.6) is 5.75 Å². The fourth-order valence-electron chi connectivity index (χ4n) is 1.89. The van der Waals surface area contributed by atoms with Gasteiger partial charge in [-0.1, -0.05) is 12.1 Å². The van der Waals surface area contributed by atoms with Gasteiger partial charge in [0.2, 0.25) is 5.91 Å². The van der Waals surface area contributed by atoms with E-state index in [1.807, 2.05) is 14.0 Å². The summed E-state index contributed by atoms with van der Waals surface area (Å²) in [5, 5.41) is 6.86. The van der Waals surface area contributed by atoms with Crippen LogP contribution in [0.1, 0.15) is 16.8 Å². The lowest BCUT2D eigenvalue weighted by Gasteiger charge is -2.04. The SMILES string of the molecule is Cc1c(CNC(=O)/C=C\c2ccc(OC(F)F)cc2)cnn1C. The van der Waals surface area contributed by atoms with E-state index in [0.717, 1.165) is 11.3 Å². The third-order valence-corrected chi connectivity index (χ3v) is 3.32. The van der Waals surface area contributed by atoms with E-state index in [4.69, 9.17) is 0 Å². The van der Waals surface area contributed by atoms with Gasteiger partial charge in [0.05, 0.1) is 6.20 Å². The summed E-state index contributed by atoms with van der Waals surface area (Å²) in [6.07, 6.45) is 4.69. The van der Waals surface area contributed by atoms with Gasteiger partial charge in [0, 0.05) is 30.9 Å². The highest BCUT2D eigenvalue weighted by Gasteiger charge is 2.05. The summed E-state index contributed by atoms with van der Waals surface area (Å²) in [4.78, 5) is 11.8. The molecule has 0 atom stereocenters. The summed E-state index contributed by atoms with van der Waals surface area (Å²) in [6, 6.07) is 6.02. The van der Waals surface area contributed by atoms with Crippen LogP contribution in [-0.4, -0.2) is 22.3 Å². The fraction of sp³-hybridized carbons (Fsp3) is 0.250. The van der Waals surface area contributed by atoms with Crippen molar-refractivity contribution in [2.45, 2.75) is 20.1 Å². The minimum absolute atomic E-state index is 0.0775. The third-order valence-electron chi connectivity index (χ3n) is 3.32. The number of hydrogen-bond donors (Lipinski definition) is 1. The van der Waals surface area contributed by atoms with Crippen molar-refractivity contribution in [3.63, 3.8) is 0 Å². The normalized spacial score (nSPS) is 11.2. The zero-order valence-corrected chi connectivity index (χ0v) is 12.8. The number of carbonyl (C=O) groups is 1. The number of ether oxygens (including phenoxy) is 1. The van der Waals surface area contributed by atoms with Crippen LogP contribution in [0.15, 0.2) is 36.5 Å². The Morgan fingerprint density at radius 2 is 2.09 bits per heavy atom. The lowest BCUT2D eigenvalue weighted by molar-refractivity contribution is -0.116. The monoisotopic (exact) mass is 321 g/mol. The molecule has 1 aromatic heterocycles. The Hall–Kier alpha value is -2.70. The Labute approximate surface area is 132 Å². The maximum atomic E-state index is 12.0. The quantitative estimate of drug-likeness (QED) is 0.832. The van der Waals surface area contributed by atoms with Crippen molar-refractivity contribution in [2.75, 3.05) is 0 Å². The summed E-state index contributed by atoms with van der Waals surface area (Å²) >= 11 is 0. The first-order chi connectivity index (χ1) is 11.0. The number of nitrogens with zero attached hydrogens (tertiary/aromatic N) is 2. The molecule has 0 unspecified atom stereocenters. The fourth-order valence-corrected chi connectivity index (χ4v) is 1.89. The summed E-state index contributed by atoms with van der Waals surface area (Å²) in [6.45, 7) is -0.532. The first-order valence-corrected chi connectivity index (χ1v) is 6.94. The van der Waals surface area contributed by atoms with Crippen molar-refractivity contribution in [1.82, 2.24) is 15.1 Å². The number of hydrogen-bond acceptors (Lipinski definition) is 3. The van der Waals surface area contributed by atoms with E-state index < -0.39 is 6.61 Å². The van der Waals surface area contributed by atoms with Crippen LogP contribution >= 0.6 is 0 Å². The average molecular weight is 321 g/mol. The molecule has 0 bridgehead atoms. The van der Waals surface area contributed by atoms with Gasteiger partial charge in [-0.3, -0.25) is 9.48 Å². The minimum atomic E-state index is -2.85. The molecule has 0 spiro atoms. The molecule has 2 aromatic rings. The zero-order valence-electron chi connectivity index (χ0n) is 12.8. The second-order valence-electron chi connectivity index (χ2n) is 4.88. The van der Waals surface area contributed by atoms with Crippen LogP contribution in [0.2, 0.25) is 0 Å². The summed E-state index contributed by atoms with van der Waals surface area (Å²) in [7, 11) is 1.84. The summed E-state index contributed by atoms with van der Waals surface area (Å²) < 4.78 is 30.1. The zero-order chi connectivity index (χ0) is 16.8. The highest BCUT2D eigenvalue weighted by Crippen LogP contribution is 2.15. The number of benzene rings is 1. The average Bonchev–Trinajstić information content (AvgIpc) is 2.83. The van der Waals surface area contributed by atoms with E-state index >= 15 is 0 Å². The van der Waals surface area contributed by atoms with Crippen LogP contribution in [-0.2, 0) is 18.4 Å². The molecule has 0 saturated heterocycles. The van der Waals surface area contributed by atoms with Crippen LogP contribution < -0.4 is 10.1 Å². The molecule has 1 N–H and O–H groups in total. The van der Waals surface area contributed by atoms with E-state index in [9.17, 15) is 13.6 Å². The number of halogens is 2. The first kappa shape index (κ1) is 16.7. The van der Waals surface area contributed by atoms with Crippen molar-refractivity contribution >= 4 is 12.0 Å². The number of aromatic nitrogens is 2. The Morgan fingerprint density at radius 1 is 1.39 bits per heavy atom. The molecule has 1 aromatic carbocycles. The van der Waals surface area contributed by atoms with Crippen molar-refractivity contribution in [1.29, 1.82) is 0 Å². The van der Waals surface area contributed by atoms with Gasteiger partial charge in [-0.15, -0.1) is 0 Å². The molecule has 23 heavy (non-hydrogen) atoms. The van der Waals surface area contributed by atoms with E-state index in [1.165, 1.54) is 18.2 Å². The van der Waals surface area contributed by atoms with Crippen molar-refractivity contribution in [3.05, 3.63) is 53.4 Å². The van der Waals surface area contributed by atoms with Crippen LogP contribution in [0.3, 0.4) is 0 Å². The predicted octanol–water partition coefficient (Wildman–Crippen LogP) is 2.66. The third kappa shape index (κ3) is 4.91. The molecular weight excluding hydrogens is 304 g/mol. The van der Waals surface area contributed by atoms with Gasteiger partial charge in [-0.2, -0.15) is 13.9 Å². The van der Waals surface area contributed by atoms with Gasteiger partial charge < -0.3 is 10.1 Å². The molecule has 1 heterocycles. The first-order valence-electron chi connectivity index (χ1n) is 6.94. The molecule has 0 aliphatic rings. The molecule has 0 aliphatic carbocycles. The topological polar surface area (TPSA) is 56.1 Å². The van der Waals surface area contributed by atoms with Crippen LogP contribution in [0.4, 0.5) is 8.78 Å². The molecule has 1 amide bonds. The second-order valence-corrected chi connectivity index (χ2v) is 4.88. The number of rotatable bonds is 6. The van der Waals surface area contributed by atoms with Gasteiger partial charge in [-0.25, -0.2) is 0 Å². The molecular formula is C16H17F2N3O2. The Kier molecular flexibility index (Phi) is 5.46. The Morgan fingerprint density at radius 3 is 2.65 bits per heavy atom. The lowest BCUT2D eigenvalue weighted by Crippen LogP contribution is -2.20. The largest absolute Gasteiger partial charge is 0.435 e. The number of amides is 1. The Balaban J connectivity index is 1.87. The molecule has 7 heteroatoms. The van der Waals surface area contributed by atoms with Gasteiger partial charge in [0.15, 0.2) is 0 Å². The maximum Gasteiger partial charge on any atom is 0.387 e. The smallest absolute Gasteiger partial charge is 0.387 e. The number of aryl methyl sites for hydroxylation is 1. The molecule has 0 radical (unpaired) electrons. The van der Waals surface area contributed by atoms with E-state index in [1.54, 1.807) is 29.1 Å². The molecule has 0 fully saturated rings. The second kappa shape index (κ2) is 7.53. The molecule has 0 aliphatic heterocycles. The molecule has 0 saturated carbocycles. The van der Waals surface area contributed by atoms with Gasteiger partial charge >= 0.3 is 6.61 Å². The van der Waals surface area contributed by atoms with Gasteiger partial charge in [0.1, 0.15) is 5.75 Å².